The molecule has 96 valence electrons. The molecule has 1 saturated heterocycles. The predicted molar refractivity (Wildman–Crippen MR) is 58.2 cm³/mol. The lowest BCUT2D eigenvalue weighted by atomic mass is 9.99. The first-order chi connectivity index (χ1) is 7.61. The minimum atomic E-state index is -1.38. The maximum absolute atomic E-state index is 9.56. The summed E-state index contributed by atoms with van der Waals surface area (Å²) in [6.07, 6.45) is -5.32. The third kappa shape index (κ3) is 3.30. The molecule has 0 aromatic heterocycles. The fraction of sp³-hybridized carbons (Fsp3) is 1.00. The van der Waals surface area contributed by atoms with Crippen LogP contribution in [0, 0.1) is 0 Å². The summed E-state index contributed by atoms with van der Waals surface area (Å²) >= 11 is 4.00. The quantitative estimate of drug-likeness (QED) is 0.291. The van der Waals surface area contributed by atoms with Crippen molar-refractivity contribution in [2.75, 3.05) is 19.0 Å². The van der Waals surface area contributed by atoms with E-state index in [0.29, 0.717) is 18.8 Å². The number of hydrogen-bond acceptors (Lipinski definition) is 7. The minimum Gasteiger partial charge on any atom is -0.394 e. The molecule has 7 heteroatoms. The third-order valence-electron chi connectivity index (χ3n) is 2.43. The van der Waals surface area contributed by atoms with Crippen LogP contribution >= 0.6 is 12.6 Å². The zero-order valence-electron chi connectivity index (χ0n) is 8.77. The Morgan fingerprint density at radius 3 is 2.38 bits per heavy atom. The van der Waals surface area contributed by atoms with Gasteiger partial charge in [-0.2, -0.15) is 12.6 Å². The molecule has 1 rings (SSSR count). The number of aliphatic hydroxyl groups is 4. The summed E-state index contributed by atoms with van der Waals surface area (Å²) in [5, 5.41) is 37.4. The monoisotopic (exact) mass is 254 g/mol. The Bertz CT molecular complexity index is 202. The van der Waals surface area contributed by atoms with E-state index in [-0.39, 0.29) is 0 Å². The van der Waals surface area contributed by atoms with Gasteiger partial charge in [0.2, 0.25) is 0 Å². The molecule has 1 aliphatic heterocycles. The van der Waals surface area contributed by atoms with E-state index >= 15 is 0 Å². The van der Waals surface area contributed by atoms with Gasteiger partial charge in [-0.15, -0.1) is 0 Å². The first kappa shape index (κ1) is 14.2. The highest BCUT2D eigenvalue weighted by Crippen LogP contribution is 2.21. The van der Waals surface area contributed by atoms with Gasteiger partial charge in [-0.05, 0) is 12.2 Å². The zero-order chi connectivity index (χ0) is 12.1. The Labute approximate surface area is 99.2 Å². The molecule has 16 heavy (non-hydrogen) atoms. The molecule has 1 fully saturated rings. The van der Waals surface area contributed by atoms with Gasteiger partial charge in [-0.25, -0.2) is 0 Å². The van der Waals surface area contributed by atoms with E-state index in [1.54, 1.807) is 0 Å². The first-order valence-electron chi connectivity index (χ1n) is 5.14. The van der Waals surface area contributed by atoms with Gasteiger partial charge in [0, 0.05) is 0 Å². The number of thiol groups is 1. The lowest BCUT2D eigenvalue weighted by molar-refractivity contribution is -0.300. The number of rotatable bonds is 5. The Balaban J connectivity index is 2.50. The number of hydrogen-bond donors (Lipinski definition) is 5. The van der Waals surface area contributed by atoms with Crippen LogP contribution in [0.2, 0.25) is 0 Å². The Hall–Kier alpha value is 0.110. The van der Waals surface area contributed by atoms with Crippen molar-refractivity contribution in [2.45, 2.75) is 37.1 Å². The standard InChI is InChI=1S/C9H18O6S/c10-4-5-6(11)7(12)8(13)9(15-5)14-2-1-3-16/h5-13,16H,1-4H2/t5?,6-,7?,8?,9+/m1/s1. The van der Waals surface area contributed by atoms with Crippen LogP contribution in [-0.4, -0.2) is 70.1 Å². The maximum atomic E-state index is 9.56. The molecule has 1 aliphatic rings. The molecule has 0 radical (unpaired) electrons. The van der Waals surface area contributed by atoms with E-state index < -0.39 is 37.3 Å². The summed E-state index contributed by atoms with van der Waals surface area (Å²) in [5.41, 5.74) is 0. The molecule has 0 bridgehead atoms. The van der Waals surface area contributed by atoms with Gasteiger partial charge in [0.25, 0.3) is 0 Å². The van der Waals surface area contributed by atoms with Gasteiger partial charge in [-0.1, -0.05) is 0 Å². The second kappa shape index (κ2) is 6.75. The second-order valence-electron chi connectivity index (χ2n) is 3.65. The summed E-state index contributed by atoms with van der Waals surface area (Å²) in [5.74, 6) is 0.636. The van der Waals surface area contributed by atoms with Crippen LogP contribution in [0.1, 0.15) is 6.42 Å². The average Bonchev–Trinajstić information content (AvgIpc) is 2.29. The van der Waals surface area contributed by atoms with Gasteiger partial charge in [0.05, 0.1) is 13.2 Å². The van der Waals surface area contributed by atoms with Gasteiger partial charge in [0.15, 0.2) is 6.29 Å². The topological polar surface area (TPSA) is 99.4 Å². The van der Waals surface area contributed by atoms with Crippen molar-refractivity contribution in [3.05, 3.63) is 0 Å². The molecule has 1 heterocycles. The van der Waals surface area contributed by atoms with Crippen molar-refractivity contribution in [1.82, 2.24) is 0 Å². The molecule has 0 saturated carbocycles. The van der Waals surface area contributed by atoms with Crippen LogP contribution in [0.5, 0.6) is 0 Å². The maximum Gasteiger partial charge on any atom is 0.186 e. The summed E-state index contributed by atoms with van der Waals surface area (Å²) in [7, 11) is 0. The van der Waals surface area contributed by atoms with E-state index in [2.05, 4.69) is 12.6 Å². The Kier molecular flexibility index (Phi) is 5.98. The number of aliphatic hydroxyl groups excluding tert-OH is 4. The highest BCUT2D eigenvalue weighted by Gasteiger charge is 2.43. The van der Waals surface area contributed by atoms with Crippen LogP contribution < -0.4 is 0 Å². The van der Waals surface area contributed by atoms with Crippen molar-refractivity contribution in [3.63, 3.8) is 0 Å². The smallest absolute Gasteiger partial charge is 0.186 e. The zero-order valence-corrected chi connectivity index (χ0v) is 9.66. The van der Waals surface area contributed by atoms with Crippen LogP contribution in [0.4, 0.5) is 0 Å². The third-order valence-corrected chi connectivity index (χ3v) is 2.75. The van der Waals surface area contributed by atoms with E-state index in [0.717, 1.165) is 0 Å². The van der Waals surface area contributed by atoms with Gasteiger partial charge < -0.3 is 29.9 Å². The molecule has 0 aromatic carbocycles. The molecule has 6 nitrogen and oxygen atoms in total. The van der Waals surface area contributed by atoms with Gasteiger partial charge in [0.1, 0.15) is 24.4 Å². The van der Waals surface area contributed by atoms with Crippen LogP contribution in [0.15, 0.2) is 0 Å². The largest absolute Gasteiger partial charge is 0.394 e. The summed E-state index contributed by atoms with van der Waals surface area (Å²) < 4.78 is 10.3. The van der Waals surface area contributed by atoms with E-state index in [1.807, 2.05) is 0 Å². The van der Waals surface area contributed by atoms with E-state index in [9.17, 15) is 15.3 Å². The molecule has 0 aromatic rings. The highest BCUT2D eigenvalue weighted by molar-refractivity contribution is 7.80. The summed E-state index contributed by atoms with van der Waals surface area (Å²) in [6.45, 7) is -0.121. The van der Waals surface area contributed by atoms with Crippen molar-refractivity contribution >= 4 is 12.6 Å². The van der Waals surface area contributed by atoms with Crippen LogP contribution in [-0.2, 0) is 9.47 Å². The molecular weight excluding hydrogens is 236 g/mol. The summed E-state index contributed by atoms with van der Waals surface area (Å²) in [6, 6.07) is 0. The average molecular weight is 254 g/mol. The van der Waals surface area contributed by atoms with Crippen molar-refractivity contribution in [3.8, 4) is 0 Å². The molecular formula is C9H18O6S. The first-order valence-corrected chi connectivity index (χ1v) is 5.78. The van der Waals surface area contributed by atoms with Gasteiger partial charge in [-0.3, -0.25) is 0 Å². The van der Waals surface area contributed by atoms with Crippen molar-refractivity contribution in [1.29, 1.82) is 0 Å². The Morgan fingerprint density at radius 1 is 1.12 bits per heavy atom. The molecule has 3 unspecified atom stereocenters. The molecule has 0 aliphatic carbocycles. The van der Waals surface area contributed by atoms with Gasteiger partial charge >= 0.3 is 0 Å². The molecule has 5 atom stereocenters. The fourth-order valence-corrected chi connectivity index (χ4v) is 1.60. The number of ether oxygens (including phenoxy) is 2. The van der Waals surface area contributed by atoms with E-state index in [1.165, 1.54) is 0 Å². The molecule has 0 spiro atoms. The molecule has 4 N–H and O–H groups in total. The van der Waals surface area contributed by atoms with Crippen LogP contribution in [0.25, 0.3) is 0 Å². The fourth-order valence-electron chi connectivity index (χ4n) is 1.47. The second-order valence-corrected chi connectivity index (χ2v) is 4.09. The van der Waals surface area contributed by atoms with E-state index in [4.69, 9.17) is 14.6 Å². The van der Waals surface area contributed by atoms with Crippen LogP contribution in [0.3, 0.4) is 0 Å². The summed E-state index contributed by atoms with van der Waals surface area (Å²) in [4.78, 5) is 0. The highest BCUT2D eigenvalue weighted by atomic mass is 32.1. The minimum absolute atomic E-state index is 0.326. The van der Waals surface area contributed by atoms with Crippen molar-refractivity contribution in [2.24, 2.45) is 0 Å². The normalized spacial score (nSPS) is 39.9. The lowest BCUT2D eigenvalue weighted by Crippen LogP contribution is -2.59. The predicted octanol–water partition coefficient (Wildman–Crippen LogP) is -1.88. The Morgan fingerprint density at radius 2 is 1.81 bits per heavy atom. The lowest BCUT2D eigenvalue weighted by Gasteiger charge is -2.39. The molecule has 0 amide bonds. The SMILES string of the molecule is OCC1O[C@H](OCCCS)C(O)C(O)[C@@H]1O. The van der Waals surface area contributed by atoms with Crippen molar-refractivity contribution < 1.29 is 29.9 Å².